The smallest absolute Gasteiger partial charge is 0.251 e. The fourth-order valence-electron chi connectivity index (χ4n) is 3.78. The van der Waals surface area contributed by atoms with Crippen molar-refractivity contribution in [3.8, 4) is 11.8 Å². The summed E-state index contributed by atoms with van der Waals surface area (Å²) in [5.74, 6) is -0.564. The topological polar surface area (TPSA) is 115 Å². The Bertz CT molecular complexity index is 1100. The molecule has 2 aromatic carbocycles. The lowest BCUT2D eigenvalue weighted by Crippen LogP contribution is -2.51. The molecule has 0 spiro atoms. The highest BCUT2D eigenvalue weighted by molar-refractivity contribution is 14.1. The van der Waals surface area contributed by atoms with Crippen molar-refractivity contribution in [1.82, 2.24) is 10.6 Å². The van der Waals surface area contributed by atoms with E-state index in [1.54, 1.807) is 24.3 Å². The molecule has 1 saturated carbocycles. The van der Waals surface area contributed by atoms with Crippen LogP contribution in [-0.4, -0.2) is 54.8 Å². The fraction of sp³-hybridized carbons (Fsp3) is 0.375. The number of rotatable bonds is 7. The maximum Gasteiger partial charge on any atom is 0.251 e. The van der Waals surface area contributed by atoms with Crippen molar-refractivity contribution in [3.63, 3.8) is 0 Å². The second kappa shape index (κ2) is 10.7. The molecule has 1 aliphatic carbocycles. The number of nitrogens with zero attached hydrogens (tertiary/aromatic N) is 2. The molecule has 0 bridgehead atoms. The van der Waals surface area contributed by atoms with Crippen molar-refractivity contribution in [1.29, 1.82) is 5.26 Å². The molecule has 1 heterocycles. The van der Waals surface area contributed by atoms with Crippen LogP contribution >= 0.6 is 45.2 Å². The van der Waals surface area contributed by atoms with Gasteiger partial charge in [0.1, 0.15) is 17.3 Å². The first-order valence-corrected chi connectivity index (χ1v) is 13.1. The first kappa shape index (κ1) is 25.0. The molecule has 0 radical (unpaired) electrons. The van der Waals surface area contributed by atoms with Crippen molar-refractivity contribution < 1.29 is 19.4 Å². The van der Waals surface area contributed by atoms with Gasteiger partial charge in [0.15, 0.2) is 0 Å². The van der Waals surface area contributed by atoms with Gasteiger partial charge in [0, 0.05) is 30.8 Å². The Morgan fingerprint density at radius 3 is 2.32 bits per heavy atom. The van der Waals surface area contributed by atoms with Gasteiger partial charge in [-0.1, -0.05) is 0 Å². The van der Waals surface area contributed by atoms with Crippen molar-refractivity contribution in [2.45, 2.75) is 30.8 Å². The van der Waals surface area contributed by atoms with Gasteiger partial charge in [0.25, 0.3) is 5.91 Å². The van der Waals surface area contributed by atoms with E-state index in [0.29, 0.717) is 38.8 Å². The van der Waals surface area contributed by atoms with Gasteiger partial charge in [-0.15, -0.1) is 0 Å². The Morgan fingerprint density at radius 1 is 1.15 bits per heavy atom. The summed E-state index contributed by atoms with van der Waals surface area (Å²) in [5.41, 5.74) is 1.44. The monoisotopic (exact) mass is 686 g/mol. The van der Waals surface area contributed by atoms with E-state index in [0.717, 1.165) is 24.3 Å². The summed E-state index contributed by atoms with van der Waals surface area (Å²) in [6.45, 7) is 2.97. The number of phenols is 1. The number of phenolic OH excluding ortho intramolecular Hbond substituents is 1. The molecule has 2 fully saturated rings. The van der Waals surface area contributed by atoms with Crippen molar-refractivity contribution >= 4 is 62.7 Å². The SMILES string of the molecule is N#CC1(NC(=O)[C@H](Cc2cc(I)c(O)c(I)c2)NC(=O)c2ccc(N3CCOCC3)cc2)CC1. The summed E-state index contributed by atoms with van der Waals surface area (Å²) in [4.78, 5) is 28.3. The molecule has 10 heteroatoms. The summed E-state index contributed by atoms with van der Waals surface area (Å²) >= 11 is 4.07. The van der Waals surface area contributed by atoms with Crippen molar-refractivity contribution in [2.24, 2.45) is 0 Å². The predicted molar refractivity (Wildman–Crippen MR) is 144 cm³/mol. The third-order valence-electron chi connectivity index (χ3n) is 5.97. The highest BCUT2D eigenvalue weighted by Crippen LogP contribution is 2.34. The zero-order valence-electron chi connectivity index (χ0n) is 18.3. The van der Waals surface area contributed by atoms with Gasteiger partial charge >= 0.3 is 0 Å². The number of carbonyl (C=O) groups is 2. The molecule has 1 aliphatic heterocycles. The number of anilines is 1. The fourth-order valence-corrected chi connectivity index (χ4v) is 5.68. The first-order valence-electron chi connectivity index (χ1n) is 10.9. The minimum Gasteiger partial charge on any atom is -0.506 e. The van der Waals surface area contributed by atoms with Crippen LogP contribution in [0.1, 0.15) is 28.8 Å². The lowest BCUT2D eigenvalue weighted by molar-refractivity contribution is -0.123. The molecular formula is C24H24I2N4O4. The average molecular weight is 686 g/mol. The van der Waals surface area contributed by atoms with Crippen LogP contribution in [-0.2, 0) is 16.0 Å². The van der Waals surface area contributed by atoms with Crippen LogP contribution in [0.5, 0.6) is 5.75 Å². The maximum atomic E-state index is 13.1. The van der Waals surface area contributed by atoms with Crippen LogP contribution in [0, 0.1) is 18.5 Å². The van der Waals surface area contributed by atoms with E-state index >= 15 is 0 Å². The van der Waals surface area contributed by atoms with E-state index in [9.17, 15) is 20.0 Å². The predicted octanol–water partition coefficient (Wildman–Crippen LogP) is 2.95. The van der Waals surface area contributed by atoms with E-state index in [-0.39, 0.29) is 18.1 Å². The van der Waals surface area contributed by atoms with Gasteiger partial charge < -0.3 is 25.4 Å². The number of nitrogens with one attached hydrogen (secondary N) is 2. The molecule has 0 aromatic heterocycles. The number of hydrogen-bond acceptors (Lipinski definition) is 6. The normalized spacial score (nSPS) is 17.4. The molecule has 2 aromatic rings. The maximum absolute atomic E-state index is 13.1. The number of carbonyl (C=O) groups excluding carboxylic acids is 2. The molecule has 8 nitrogen and oxygen atoms in total. The van der Waals surface area contributed by atoms with Gasteiger partial charge in [-0.05, 0) is 100.0 Å². The summed E-state index contributed by atoms with van der Waals surface area (Å²) < 4.78 is 6.72. The average Bonchev–Trinajstić information content (AvgIpc) is 3.62. The number of nitriles is 1. The third kappa shape index (κ3) is 5.92. The molecule has 1 atom stereocenters. The number of halogens is 2. The van der Waals surface area contributed by atoms with E-state index in [1.165, 1.54) is 0 Å². The largest absolute Gasteiger partial charge is 0.506 e. The molecule has 4 rings (SSSR count). The van der Waals surface area contributed by atoms with E-state index < -0.39 is 17.5 Å². The van der Waals surface area contributed by atoms with E-state index in [4.69, 9.17) is 4.74 Å². The number of benzene rings is 2. The third-order valence-corrected chi connectivity index (χ3v) is 7.62. The molecule has 178 valence electrons. The molecule has 3 N–H and O–H groups in total. The van der Waals surface area contributed by atoms with Gasteiger partial charge in [0.2, 0.25) is 5.91 Å². The number of hydrogen-bond donors (Lipinski definition) is 3. The zero-order valence-corrected chi connectivity index (χ0v) is 22.6. The summed E-state index contributed by atoms with van der Waals surface area (Å²) in [7, 11) is 0. The van der Waals surface area contributed by atoms with Crippen LogP contribution in [0.25, 0.3) is 0 Å². The summed E-state index contributed by atoms with van der Waals surface area (Å²) in [6.07, 6.45) is 1.44. The van der Waals surface area contributed by atoms with Crippen LogP contribution < -0.4 is 15.5 Å². The Morgan fingerprint density at radius 2 is 1.76 bits per heavy atom. The Hall–Kier alpha value is -2.11. The Balaban J connectivity index is 1.50. The zero-order chi connectivity index (χ0) is 24.3. The van der Waals surface area contributed by atoms with Gasteiger partial charge in [-0.25, -0.2) is 0 Å². The van der Waals surface area contributed by atoms with Crippen LogP contribution in [0.15, 0.2) is 36.4 Å². The van der Waals surface area contributed by atoms with E-state index in [2.05, 4.69) is 21.6 Å². The van der Waals surface area contributed by atoms with Gasteiger partial charge in [0.05, 0.1) is 26.4 Å². The standard InChI is InChI=1S/C24H24I2N4O4/c25-18-11-15(12-19(26)21(18)31)13-20(23(33)29-24(14-27)5-6-24)28-22(32)16-1-3-17(4-2-16)30-7-9-34-10-8-30/h1-4,11-12,20,31H,5-10,13H2,(H,28,32)(H,29,33)/t20-/m0/s1. The number of morpholine rings is 1. The first-order chi connectivity index (χ1) is 16.3. The Labute approximate surface area is 225 Å². The number of aromatic hydroxyl groups is 1. The molecular weight excluding hydrogens is 662 g/mol. The van der Waals surface area contributed by atoms with Crippen molar-refractivity contribution in [2.75, 3.05) is 31.2 Å². The van der Waals surface area contributed by atoms with E-state index in [1.807, 2.05) is 57.3 Å². The summed E-state index contributed by atoms with van der Waals surface area (Å²) in [6, 6.07) is 12.2. The second-order valence-corrected chi connectivity index (χ2v) is 10.8. The minimum atomic E-state index is -0.867. The van der Waals surface area contributed by atoms with Gasteiger partial charge in [-0.3, -0.25) is 9.59 Å². The lowest BCUT2D eigenvalue weighted by atomic mass is 10.0. The van der Waals surface area contributed by atoms with Crippen LogP contribution in [0.4, 0.5) is 5.69 Å². The van der Waals surface area contributed by atoms with Crippen molar-refractivity contribution in [3.05, 3.63) is 54.7 Å². The number of amides is 2. The molecule has 1 saturated heterocycles. The van der Waals surface area contributed by atoms with Crippen LogP contribution in [0.3, 0.4) is 0 Å². The minimum absolute atomic E-state index is 0.191. The molecule has 0 unspecified atom stereocenters. The molecule has 2 amide bonds. The van der Waals surface area contributed by atoms with Crippen LogP contribution in [0.2, 0.25) is 0 Å². The highest BCUT2D eigenvalue weighted by Gasteiger charge is 2.45. The quantitative estimate of drug-likeness (QED) is 0.387. The second-order valence-electron chi connectivity index (χ2n) is 8.47. The van der Waals surface area contributed by atoms with Gasteiger partial charge in [-0.2, -0.15) is 5.26 Å². The lowest BCUT2D eigenvalue weighted by Gasteiger charge is -2.29. The molecule has 34 heavy (non-hydrogen) atoms. The molecule has 2 aliphatic rings. The highest BCUT2D eigenvalue weighted by atomic mass is 127. The Kier molecular flexibility index (Phi) is 7.83. The summed E-state index contributed by atoms with van der Waals surface area (Å²) in [5, 5.41) is 25.1. The number of ether oxygens (including phenoxy) is 1.